The molecule has 0 saturated carbocycles. The molecule has 1 amide bonds. The molecule has 5 heteroatoms. The number of hydrogen-bond donors (Lipinski definition) is 0. The second-order valence-electron chi connectivity index (χ2n) is 6.24. The highest BCUT2D eigenvalue weighted by atomic mass is 35.5. The summed E-state index contributed by atoms with van der Waals surface area (Å²) in [5.74, 6) is 1.14. The van der Waals surface area contributed by atoms with E-state index in [0.29, 0.717) is 22.6 Å². The van der Waals surface area contributed by atoms with Gasteiger partial charge in [0.05, 0.1) is 0 Å². The Morgan fingerprint density at radius 1 is 1.00 bits per heavy atom. The third-order valence-corrected chi connectivity index (χ3v) is 5.11. The van der Waals surface area contributed by atoms with Crippen LogP contribution in [-0.4, -0.2) is 47.9 Å². The lowest BCUT2D eigenvalue weighted by molar-refractivity contribution is 0.0653. The van der Waals surface area contributed by atoms with Crippen LogP contribution in [0.1, 0.15) is 23.4 Å². The molecule has 1 aromatic carbocycles. The van der Waals surface area contributed by atoms with Crippen LogP contribution in [0.4, 0.5) is 0 Å². The standard InChI is InChI=1S/C18H19ClN2O2/c19-14-3-1-13(2-4-14)16-5-6-17(23-16)18(22)21-12-11-20-9-7-15(21)8-10-20/h1-6,15H,7-12H2. The Labute approximate surface area is 140 Å². The highest BCUT2D eigenvalue weighted by Gasteiger charge is 2.33. The molecule has 0 radical (unpaired) electrons. The highest BCUT2D eigenvalue weighted by Crippen LogP contribution is 2.27. The Kier molecular flexibility index (Phi) is 3.87. The Morgan fingerprint density at radius 3 is 2.48 bits per heavy atom. The van der Waals surface area contributed by atoms with Crippen LogP contribution >= 0.6 is 11.6 Å². The molecule has 0 unspecified atom stereocenters. The number of furan rings is 1. The molecule has 0 N–H and O–H groups in total. The highest BCUT2D eigenvalue weighted by molar-refractivity contribution is 6.30. The van der Waals surface area contributed by atoms with Crippen LogP contribution in [0.15, 0.2) is 40.8 Å². The first-order valence-electron chi connectivity index (χ1n) is 8.10. The van der Waals surface area contributed by atoms with Crippen LogP contribution in [0.5, 0.6) is 0 Å². The minimum atomic E-state index is 0.0129. The van der Waals surface area contributed by atoms with E-state index < -0.39 is 0 Å². The average Bonchev–Trinajstić information content (AvgIpc) is 2.88. The average molecular weight is 331 g/mol. The van der Waals surface area contributed by atoms with Crippen LogP contribution in [-0.2, 0) is 0 Å². The number of fused-ring (bicyclic) bond motifs is 4. The molecule has 0 atom stereocenters. The van der Waals surface area contributed by atoms with E-state index in [1.807, 2.05) is 35.2 Å². The smallest absolute Gasteiger partial charge is 0.289 e. The lowest BCUT2D eigenvalue weighted by atomic mass is 10.1. The second-order valence-corrected chi connectivity index (χ2v) is 6.68. The van der Waals surface area contributed by atoms with Gasteiger partial charge in [-0.05, 0) is 49.2 Å². The summed E-state index contributed by atoms with van der Waals surface area (Å²) in [6.07, 6.45) is 2.13. The monoisotopic (exact) mass is 330 g/mol. The lowest BCUT2D eigenvalue weighted by Crippen LogP contribution is -2.41. The van der Waals surface area contributed by atoms with E-state index >= 15 is 0 Å². The van der Waals surface area contributed by atoms with Crippen molar-refractivity contribution < 1.29 is 9.21 Å². The summed E-state index contributed by atoms with van der Waals surface area (Å²) in [6, 6.07) is 11.4. The minimum Gasteiger partial charge on any atom is -0.451 e. The van der Waals surface area contributed by atoms with Crippen LogP contribution in [0.25, 0.3) is 11.3 Å². The van der Waals surface area contributed by atoms with Crippen LogP contribution in [0.2, 0.25) is 5.02 Å². The predicted molar refractivity (Wildman–Crippen MR) is 89.7 cm³/mol. The number of piperidine rings is 1. The number of nitrogens with zero attached hydrogens (tertiary/aromatic N) is 2. The number of amides is 1. The van der Waals surface area contributed by atoms with Gasteiger partial charge in [-0.2, -0.15) is 0 Å². The molecule has 23 heavy (non-hydrogen) atoms. The molecule has 2 bridgehead atoms. The summed E-state index contributed by atoms with van der Waals surface area (Å²) in [6.45, 7) is 3.96. The molecule has 120 valence electrons. The largest absolute Gasteiger partial charge is 0.451 e. The molecule has 3 aliphatic heterocycles. The van der Waals surface area contributed by atoms with E-state index in [0.717, 1.165) is 44.6 Å². The Bertz CT molecular complexity index is 702. The molecule has 3 fully saturated rings. The molecular weight excluding hydrogens is 312 g/mol. The fraction of sp³-hybridized carbons (Fsp3) is 0.389. The molecule has 2 aromatic rings. The molecule has 5 rings (SSSR count). The van der Waals surface area contributed by atoms with Crippen LogP contribution in [0, 0.1) is 0 Å². The van der Waals surface area contributed by atoms with E-state index in [9.17, 15) is 4.79 Å². The second kappa shape index (κ2) is 6.02. The predicted octanol–water partition coefficient (Wildman–Crippen LogP) is 3.52. The van der Waals surface area contributed by atoms with E-state index in [4.69, 9.17) is 16.0 Å². The van der Waals surface area contributed by atoms with Gasteiger partial charge in [0, 0.05) is 42.8 Å². The SMILES string of the molecule is O=C(c1ccc(-c2ccc(Cl)cc2)o1)N1CCN2CCC1CC2. The van der Waals surface area contributed by atoms with Gasteiger partial charge in [-0.1, -0.05) is 11.6 Å². The first-order valence-corrected chi connectivity index (χ1v) is 8.47. The van der Waals surface area contributed by atoms with Crippen molar-refractivity contribution in [1.29, 1.82) is 0 Å². The fourth-order valence-electron chi connectivity index (χ4n) is 3.52. The van der Waals surface area contributed by atoms with E-state index in [-0.39, 0.29) is 5.91 Å². The topological polar surface area (TPSA) is 36.7 Å². The maximum absolute atomic E-state index is 12.8. The van der Waals surface area contributed by atoms with Crippen LogP contribution in [0.3, 0.4) is 0 Å². The molecule has 0 spiro atoms. The number of carbonyl (C=O) groups excluding carboxylic acids is 1. The summed E-state index contributed by atoms with van der Waals surface area (Å²) in [4.78, 5) is 17.3. The molecule has 3 aliphatic rings. The van der Waals surface area contributed by atoms with Gasteiger partial charge in [-0.25, -0.2) is 0 Å². The molecule has 1 aromatic heterocycles. The van der Waals surface area contributed by atoms with Crippen LogP contribution < -0.4 is 0 Å². The summed E-state index contributed by atoms with van der Waals surface area (Å²) in [5.41, 5.74) is 0.927. The number of halogens is 1. The van der Waals surface area contributed by atoms with Gasteiger partial charge in [0.15, 0.2) is 5.76 Å². The van der Waals surface area contributed by atoms with E-state index in [1.54, 1.807) is 6.07 Å². The molecule has 4 nitrogen and oxygen atoms in total. The zero-order chi connectivity index (χ0) is 15.8. The molecular formula is C18H19ClN2O2. The third kappa shape index (κ3) is 2.89. The van der Waals surface area contributed by atoms with Crippen molar-refractivity contribution in [2.24, 2.45) is 0 Å². The van der Waals surface area contributed by atoms with E-state index in [1.165, 1.54) is 0 Å². The quantitative estimate of drug-likeness (QED) is 0.845. The summed E-state index contributed by atoms with van der Waals surface area (Å²) < 4.78 is 5.82. The van der Waals surface area contributed by atoms with E-state index in [2.05, 4.69) is 4.90 Å². The van der Waals surface area contributed by atoms with Crippen molar-refractivity contribution in [1.82, 2.24) is 9.80 Å². The van der Waals surface area contributed by atoms with Gasteiger partial charge in [-0.15, -0.1) is 0 Å². The minimum absolute atomic E-state index is 0.0129. The Balaban J connectivity index is 1.56. The van der Waals surface area contributed by atoms with Crippen molar-refractivity contribution in [3.8, 4) is 11.3 Å². The van der Waals surface area contributed by atoms with Gasteiger partial charge in [0.25, 0.3) is 5.91 Å². The number of benzene rings is 1. The van der Waals surface area contributed by atoms with Crippen molar-refractivity contribution in [3.63, 3.8) is 0 Å². The summed E-state index contributed by atoms with van der Waals surface area (Å²) >= 11 is 5.91. The molecule has 0 aliphatic carbocycles. The van der Waals surface area contributed by atoms with Gasteiger partial charge < -0.3 is 14.2 Å². The molecule has 3 saturated heterocycles. The van der Waals surface area contributed by atoms with Gasteiger partial charge in [0.1, 0.15) is 5.76 Å². The van der Waals surface area contributed by atoms with Gasteiger partial charge in [-0.3, -0.25) is 4.79 Å². The Hall–Kier alpha value is -1.78. The van der Waals surface area contributed by atoms with Gasteiger partial charge in [0.2, 0.25) is 0 Å². The summed E-state index contributed by atoms with van der Waals surface area (Å²) in [7, 11) is 0. The maximum atomic E-state index is 12.8. The fourth-order valence-corrected chi connectivity index (χ4v) is 3.64. The van der Waals surface area contributed by atoms with Crippen molar-refractivity contribution >= 4 is 17.5 Å². The maximum Gasteiger partial charge on any atom is 0.289 e. The summed E-state index contributed by atoms with van der Waals surface area (Å²) in [5, 5.41) is 0.687. The first-order chi connectivity index (χ1) is 11.2. The molecule has 4 heterocycles. The van der Waals surface area contributed by atoms with Crippen molar-refractivity contribution in [2.75, 3.05) is 26.2 Å². The Morgan fingerprint density at radius 2 is 1.74 bits per heavy atom. The van der Waals surface area contributed by atoms with Gasteiger partial charge >= 0.3 is 0 Å². The number of rotatable bonds is 2. The number of carbonyl (C=O) groups is 1. The zero-order valence-electron chi connectivity index (χ0n) is 12.9. The zero-order valence-corrected chi connectivity index (χ0v) is 13.6. The first kappa shape index (κ1) is 14.8. The lowest BCUT2D eigenvalue weighted by Gasteiger charge is -2.30. The van der Waals surface area contributed by atoms with Crippen molar-refractivity contribution in [2.45, 2.75) is 18.9 Å². The number of hydrogen-bond acceptors (Lipinski definition) is 3. The normalized spacial score (nSPS) is 23.8. The third-order valence-electron chi connectivity index (χ3n) is 4.86. The van der Waals surface area contributed by atoms with Crippen molar-refractivity contribution in [3.05, 3.63) is 47.2 Å².